The minimum Gasteiger partial charge on any atom is -0.331 e. The quantitative estimate of drug-likeness (QED) is 0.757. The molecule has 0 fully saturated rings. The SMILES string of the molecule is CCn1cc(NC(=O)N[C@H](C)c2ccc(-n3cccn3)cc2)cn1. The highest BCUT2D eigenvalue weighted by Crippen LogP contribution is 2.15. The number of carbonyl (C=O) groups excluding carboxylic acids is 1. The Morgan fingerprint density at radius 3 is 2.67 bits per heavy atom. The molecule has 3 rings (SSSR count). The lowest BCUT2D eigenvalue weighted by molar-refractivity contribution is 0.249. The summed E-state index contributed by atoms with van der Waals surface area (Å²) in [7, 11) is 0. The van der Waals surface area contributed by atoms with Gasteiger partial charge in [-0.1, -0.05) is 12.1 Å². The fourth-order valence-electron chi connectivity index (χ4n) is 2.39. The molecule has 1 atom stereocenters. The molecular weight excluding hydrogens is 304 g/mol. The predicted molar refractivity (Wildman–Crippen MR) is 92.0 cm³/mol. The molecule has 124 valence electrons. The minimum atomic E-state index is -0.255. The van der Waals surface area contributed by atoms with Gasteiger partial charge in [0.2, 0.25) is 0 Å². The van der Waals surface area contributed by atoms with E-state index in [9.17, 15) is 4.79 Å². The molecule has 0 saturated carbocycles. The van der Waals surface area contributed by atoms with Gasteiger partial charge in [0.05, 0.1) is 23.6 Å². The maximum absolute atomic E-state index is 12.1. The van der Waals surface area contributed by atoms with E-state index in [1.165, 1.54) is 0 Å². The van der Waals surface area contributed by atoms with Gasteiger partial charge < -0.3 is 10.6 Å². The topological polar surface area (TPSA) is 76.8 Å². The van der Waals surface area contributed by atoms with Gasteiger partial charge in [-0.25, -0.2) is 9.48 Å². The van der Waals surface area contributed by atoms with Crippen LogP contribution in [-0.2, 0) is 6.54 Å². The number of hydrogen-bond acceptors (Lipinski definition) is 3. The fourth-order valence-corrected chi connectivity index (χ4v) is 2.39. The standard InChI is InChI=1S/C17H20N6O/c1-3-22-12-15(11-19-22)21-17(24)20-13(2)14-5-7-16(8-6-14)23-10-4-9-18-23/h4-13H,3H2,1-2H3,(H2,20,21,24)/t13-/m1/s1. The molecule has 0 bridgehead atoms. The van der Waals surface area contributed by atoms with E-state index in [1.54, 1.807) is 28.0 Å². The van der Waals surface area contributed by atoms with E-state index >= 15 is 0 Å². The molecule has 0 spiro atoms. The molecule has 0 radical (unpaired) electrons. The molecule has 7 heteroatoms. The number of aryl methyl sites for hydroxylation is 1. The molecule has 2 heterocycles. The molecule has 0 aliphatic rings. The number of nitrogens with zero attached hydrogens (tertiary/aromatic N) is 4. The zero-order valence-electron chi connectivity index (χ0n) is 13.7. The molecule has 0 saturated heterocycles. The first-order chi connectivity index (χ1) is 11.7. The smallest absolute Gasteiger partial charge is 0.319 e. The Hall–Kier alpha value is -3.09. The Kier molecular flexibility index (Phi) is 4.60. The van der Waals surface area contributed by atoms with Crippen molar-refractivity contribution < 1.29 is 4.79 Å². The average Bonchev–Trinajstić information content (AvgIpc) is 3.26. The first-order valence-corrected chi connectivity index (χ1v) is 7.85. The highest BCUT2D eigenvalue weighted by molar-refractivity contribution is 5.89. The lowest BCUT2D eigenvalue weighted by atomic mass is 10.1. The van der Waals surface area contributed by atoms with Gasteiger partial charge in [-0.3, -0.25) is 4.68 Å². The van der Waals surface area contributed by atoms with Crippen molar-refractivity contribution >= 4 is 11.7 Å². The molecule has 7 nitrogen and oxygen atoms in total. The molecule has 24 heavy (non-hydrogen) atoms. The van der Waals surface area contributed by atoms with Gasteiger partial charge in [0.25, 0.3) is 0 Å². The van der Waals surface area contributed by atoms with E-state index < -0.39 is 0 Å². The van der Waals surface area contributed by atoms with Crippen LogP contribution in [0.5, 0.6) is 0 Å². The summed E-state index contributed by atoms with van der Waals surface area (Å²) in [5.41, 5.74) is 2.67. The second-order valence-corrected chi connectivity index (χ2v) is 5.45. The van der Waals surface area contributed by atoms with Gasteiger partial charge >= 0.3 is 6.03 Å². The monoisotopic (exact) mass is 324 g/mol. The zero-order chi connectivity index (χ0) is 16.9. The average molecular weight is 324 g/mol. The van der Waals surface area contributed by atoms with E-state index in [4.69, 9.17) is 0 Å². The summed E-state index contributed by atoms with van der Waals surface area (Å²) < 4.78 is 3.55. The van der Waals surface area contributed by atoms with Crippen molar-refractivity contribution in [2.24, 2.45) is 0 Å². The van der Waals surface area contributed by atoms with Crippen molar-refractivity contribution in [2.45, 2.75) is 26.4 Å². The lowest BCUT2D eigenvalue weighted by Crippen LogP contribution is -2.31. The number of amides is 2. The summed E-state index contributed by atoms with van der Waals surface area (Å²) >= 11 is 0. The first kappa shape index (κ1) is 15.8. The van der Waals surface area contributed by atoms with Gasteiger partial charge in [-0.05, 0) is 37.6 Å². The van der Waals surface area contributed by atoms with Crippen LogP contribution in [0.1, 0.15) is 25.5 Å². The number of benzene rings is 1. The van der Waals surface area contributed by atoms with Crippen molar-refractivity contribution in [3.63, 3.8) is 0 Å². The summed E-state index contributed by atoms with van der Waals surface area (Å²) in [5, 5.41) is 14.0. The number of rotatable bonds is 5. The molecule has 1 aromatic carbocycles. The summed E-state index contributed by atoms with van der Waals surface area (Å²) in [4.78, 5) is 12.1. The molecule has 2 N–H and O–H groups in total. The summed E-state index contributed by atoms with van der Waals surface area (Å²) in [6.45, 7) is 4.70. The van der Waals surface area contributed by atoms with E-state index in [0.29, 0.717) is 5.69 Å². The third-order valence-corrected chi connectivity index (χ3v) is 3.72. The van der Waals surface area contributed by atoms with Crippen LogP contribution in [0.4, 0.5) is 10.5 Å². The fraction of sp³-hybridized carbons (Fsp3) is 0.235. The van der Waals surface area contributed by atoms with Crippen molar-refractivity contribution in [3.05, 3.63) is 60.7 Å². The number of carbonyl (C=O) groups is 1. The van der Waals surface area contributed by atoms with Gasteiger partial charge in [0, 0.05) is 25.1 Å². The van der Waals surface area contributed by atoms with Crippen molar-refractivity contribution in [1.29, 1.82) is 0 Å². The van der Waals surface area contributed by atoms with Crippen molar-refractivity contribution in [2.75, 3.05) is 5.32 Å². The Balaban J connectivity index is 1.59. The Labute approximate surface area is 140 Å². The normalized spacial score (nSPS) is 11.9. The van der Waals surface area contributed by atoms with Crippen LogP contribution in [0, 0.1) is 0 Å². The number of urea groups is 1. The lowest BCUT2D eigenvalue weighted by Gasteiger charge is -2.15. The Morgan fingerprint density at radius 2 is 2.04 bits per heavy atom. The van der Waals surface area contributed by atoms with Crippen LogP contribution < -0.4 is 10.6 Å². The van der Waals surface area contributed by atoms with Crippen LogP contribution >= 0.6 is 0 Å². The summed E-state index contributed by atoms with van der Waals surface area (Å²) in [5.74, 6) is 0. The molecule has 3 aromatic rings. The van der Waals surface area contributed by atoms with E-state index in [0.717, 1.165) is 17.8 Å². The van der Waals surface area contributed by atoms with Gasteiger partial charge in [0.1, 0.15) is 0 Å². The largest absolute Gasteiger partial charge is 0.331 e. The summed E-state index contributed by atoms with van der Waals surface area (Å²) in [6, 6.07) is 9.43. The zero-order valence-corrected chi connectivity index (χ0v) is 13.7. The van der Waals surface area contributed by atoms with Gasteiger partial charge in [-0.2, -0.15) is 10.2 Å². The highest BCUT2D eigenvalue weighted by atomic mass is 16.2. The third-order valence-electron chi connectivity index (χ3n) is 3.72. The predicted octanol–water partition coefficient (Wildman–Crippen LogP) is 2.97. The molecule has 2 amide bonds. The van der Waals surface area contributed by atoms with Crippen molar-refractivity contribution in [3.8, 4) is 5.69 Å². The molecule has 2 aromatic heterocycles. The van der Waals surface area contributed by atoms with Crippen LogP contribution in [0.15, 0.2) is 55.1 Å². The maximum Gasteiger partial charge on any atom is 0.319 e. The molecular formula is C17H20N6O. The minimum absolute atomic E-state index is 0.113. The van der Waals surface area contributed by atoms with E-state index in [1.807, 2.05) is 50.4 Å². The van der Waals surface area contributed by atoms with Crippen LogP contribution in [-0.4, -0.2) is 25.6 Å². The van der Waals surface area contributed by atoms with Gasteiger partial charge in [0.15, 0.2) is 0 Å². The maximum atomic E-state index is 12.1. The number of hydrogen-bond donors (Lipinski definition) is 2. The number of anilines is 1. The Morgan fingerprint density at radius 1 is 1.25 bits per heavy atom. The molecule has 0 aliphatic heterocycles. The number of aromatic nitrogens is 4. The second-order valence-electron chi connectivity index (χ2n) is 5.45. The highest BCUT2D eigenvalue weighted by Gasteiger charge is 2.10. The van der Waals surface area contributed by atoms with Crippen LogP contribution in [0.2, 0.25) is 0 Å². The molecule has 0 unspecified atom stereocenters. The summed E-state index contributed by atoms with van der Waals surface area (Å²) in [6.07, 6.45) is 7.06. The van der Waals surface area contributed by atoms with E-state index in [2.05, 4.69) is 20.8 Å². The second kappa shape index (κ2) is 6.99. The van der Waals surface area contributed by atoms with E-state index in [-0.39, 0.29) is 12.1 Å². The van der Waals surface area contributed by atoms with Crippen LogP contribution in [0.3, 0.4) is 0 Å². The number of nitrogens with one attached hydrogen (secondary N) is 2. The van der Waals surface area contributed by atoms with Gasteiger partial charge in [-0.15, -0.1) is 0 Å². The van der Waals surface area contributed by atoms with Crippen LogP contribution in [0.25, 0.3) is 5.69 Å². The van der Waals surface area contributed by atoms with Crippen molar-refractivity contribution in [1.82, 2.24) is 24.9 Å². The Bertz CT molecular complexity index is 791. The first-order valence-electron chi connectivity index (χ1n) is 7.85. The third kappa shape index (κ3) is 3.62. The molecule has 0 aliphatic carbocycles.